The Hall–Kier alpha value is -0.120. The third-order valence-corrected chi connectivity index (χ3v) is 4.94. The van der Waals surface area contributed by atoms with Crippen molar-refractivity contribution in [1.82, 2.24) is 4.90 Å². The van der Waals surface area contributed by atoms with E-state index in [0.717, 1.165) is 26.2 Å². The number of aliphatic hydroxyl groups is 1. The number of aliphatic hydroxyl groups excluding tert-OH is 1. The Balaban J connectivity index is 1.84. The predicted octanol–water partition coefficient (Wildman–Crippen LogP) is 1.90. The average molecular weight is 241 g/mol. The lowest BCUT2D eigenvalue weighted by atomic mass is 9.82. The Morgan fingerprint density at radius 1 is 1.35 bits per heavy atom. The second kappa shape index (κ2) is 5.68. The molecular weight excluding hydrogens is 214 g/mol. The summed E-state index contributed by atoms with van der Waals surface area (Å²) >= 11 is 0. The van der Waals surface area contributed by atoms with Crippen LogP contribution in [0, 0.1) is 11.3 Å². The van der Waals surface area contributed by atoms with Crippen LogP contribution in [0.3, 0.4) is 0 Å². The van der Waals surface area contributed by atoms with Crippen molar-refractivity contribution in [1.29, 1.82) is 0 Å². The summed E-state index contributed by atoms with van der Waals surface area (Å²) in [5.41, 5.74) is 0.542. The van der Waals surface area contributed by atoms with Crippen LogP contribution >= 0.6 is 0 Å². The van der Waals surface area contributed by atoms with E-state index in [1.54, 1.807) is 0 Å². The van der Waals surface area contributed by atoms with Crippen LogP contribution in [0.5, 0.6) is 0 Å². The van der Waals surface area contributed by atoms with Gasteiger partial charge in [-0.15, -0.1) is 0 Å². The highest BCUT2D eigenvalue weighted by Crippen LogP contribution is 2.37. The van der Waals surface area contributed by atoms with Crippen molar-refractivity contribution in [3.8, 4) is 0 Å². The zero-order valence-corrected chi connectivity index (χ0v) is 11.3. The van der Waals surface area contributed by atoms with Crippen LogP contribution in [0.4, 0.5) is 0 Å². The van der Waals surface area contributed by atoms with Crippen LogP contribution in [0.15, 0.2) is 0 Å². The lowest BCUT2D eigenvalue weighted by molar-refractivity contribution is -0.0455. The summed E-state index contributed by atoms with van der Waals surface area (Å²) in [5.74, 6) is 0.327. The molecule has 0 bridgehead atoms. The fourth-order valence-corrected chi connectivity index (χ4v) is 3.30. The minimum atomic E-state index is -0.151. The van der Waals surface area contributed by atoms with Crippen molar-refractivity contribution in [2.75, 3.05) is 32.8 Å². The van der Waals surface area contributed by atoms with Gasteiger partial charge in [-0.2, -0.15) is 0 Å². The maximum Gasteiger partial charge on any atom is 0.0624 e. The van der Waals surface area contributed by atoms with Gasteiger partial charge in [0.2, 0.25) is 0 Å². The van der Waals surface area contributed by atoms with Crippen LogP contribution in [0.2, 0.25) is 0 Å². The van der Waals surface area contributed by atoms with Crippen molar-refractivity contribution < 1.29 is 9.84 Å². The maximum atomic E-state index is 9.97. The molecule has 2 unspecified atom stereocenters. The molecular formula is C14H27NO2. The summed E-state index contributed by atoms with van der Waals surface area (Å²) in [6, 6.07) is 0. The van der Waals surface area contributed by atoms with Crippen LogP contribution < -0.4 is 0 Å². The van der Waals surface area contributed by atoms with Gasteiger partial charge in [0.15, 0.2) is 0 Å². The van der Waals surface area contributed by atoms with Crippen LogP contribution in [-0.2, 0) is 4.74 Å². The molecule has 1 N–H and O–H groups in total. The lowest BCUT2D eigenvalue weighted by Crippen LogP contribution is -2.40. The first kappa shape index (κ1) is 13.3. The molecule has 0 aromatic rings. The summed E-state index contributed by atoms with van der Waals surface area (Å²) in [6.07, 6.45) is 4.55. The van der Waals surface area contributed by atoms with E-state index < -0.39 is 0 Å². The Morgan fingerprint density at radius 2 is 2.12 bits per heavy atom. The summed E-state index contributed by atoms with van der Waals surface area (Å²) in [4.78, 5) is 2.54. The maximum absolute atomic E-state index is 9.97. The highest BCUT2D eigenvalue weighted by Gasteiger charge is 2.36. The number of rotatable bonds is 4. The number of nitrogens with zero attached hydrogens (tertiary/aromatic N) is 1. The van der Waals surface area contributed by atoms with Gasteiger partial charge in [0.25, 0.3) is 0 Å². The standard InChI is InChI=1S/C14H27NO2/c1-3-14(4-2)6-7-15(11-14)9-12-10-17-8-5-13(12)16/h12-13,16H,3-11H2,1-2H3. The Morgan fingerprint density at radius 3 is 2.71 bits per heavy atom. The van der Waals surface area contributed by atoms with Crippen molar-refractivity contribution in [3.05, 3.63) is 0 Å². The minimum Gasteiger partial charge on any atom is -0.393 e. The van der Waals surface area contributed by atoms with Gasteiger partial charge in [-0.1, -0.05) is 13.8 Å². The van der Waals surface area contributed by atoms with Crippen LogP contribution in [-0.4, -0.2) is 49.0 Å². The molecule has 0 spiro atoms. The second-order valence-corrected chi connectivity index (χ2v) is 5.88. The van der Waals surface area contributed by atoms with E-state index in [1.807, 2.05) is 0 Å². The van der Waals surface area contributed by atoms with Crippen molar-refractivity contribution >= 4 is 0 Å². The molecule has 3 nitrogen and oxygen atoms in total. The van der Waals surface area contributed by atoms with Crippen LogP contribution in [0.25, 0.3) is 0 Å². The molecule has 0 amide bonds. The topological polar surface area (TPSA) is 32.7 Å². The monoisotopic (exact) mass is 241 g/mol. The Bertz CT molecular complexity index is 240. The first-order chi connectivity index (χ1) is 8.19. The van der Waals surface area contributed by atoms with Gasteiger partial charge in [-0.3, -0.25) is 0 Å². The molecule has 2 rings (SSSR count). The molecule has 3 heteroatoms. The molecule has 2 atom stereocenters. The molecule has 2 aliphatic heterocycles. The van der Waals surface area contributed by atoms with Crippen molar-refractivity contribution in [2.24, 2.45) is 11.3 Å². The first-order valence-electron chi connectivity index (χ1n) is 7.17. The number of hydrogen-bond acceptors (Lipinski definition) is 3. The molecule has 2 saturated heterocycles. The molecule has 100 valence electrons. The molecule has 0 radical (unpaired) electrons. The predicted molar refractivity (Wildman–Crippen MR) is 69.0 cm³/mol. The molecule has 17 heavy (non-hydrogen) atoms. The smallest absolute Gasteiger partial charge is 0.0624 e. The van der Waals surface area contributed by atoms with Crippen molar-refractivity contribution in [2.45, 2.75) is 45.6 Å². The highest BCUT2D eigenvalue weighted by molar-refractivity contribution is 4.89. The van der Waals surface area contributed by atoms with Crippen molar-refractivity contribution in [3.63, 3.8) is 0 Å². The van der Waals surface area contributed by atoms with Gasteiger partial charge < -0.3 is 14.7 Å². The van der Waals surface area contributed by atoms with E-state index in [9.17, 15) is 5.11 Å². The van der Waals surface area contributed by atoms with Gasteiger partial charge in [-0.25, -0.2) is 0 Å². The summed E-state index contributed by atoms with van der Waals surface area (Å²) in [6.45, 7) is 9.52. The van der Waals surface area contributed by atoms with E-state index in [1.165, 1.54) is 32.4 Å². The van der Waals surface area contributed by atoms with Gasteiger partial charge >= 0.3 is 0 Å². The Labute approximate surface area is 105 Å². The van der Waals surface area contributed by atoms with Gasteiger partial charge in [0.05, 0.1) is 12.7 Å². The Kier molecular flexibility index (Phi) is 4.45. The zero-order valence-electron chi connectivity index (χ0n) is 11.3. The molecule has 2 heterocycles. The van der Waals surface area contributed by atoms with Gasteiger partial charge in [0.1, 0.15) is 0 Å². The lowest BCUT2D eigenvalue weighted by Gasteiger charge is -2.32. The SMILES string of the molecule is CCC1(CC)CCN(CC2COCCC2O)C1. The van der Waals surface area contributed by atoms with E-state index in [-0.39, 0.29) is 6.10 Å². The summed E-state index contributed by atoms with van der Waals surface area (Å²) < 4.78 is 5.48. The van der Waals surface area contributed by atoms with E-state index >= 15 is 0 Å². The summed E-state index contributed by atoms with van der Waals surface area (Å²) in [7, 11) is 0. The molecule has 2 fully saturated rings. The fraction of sp³-hybridized carbons (Fsp3) is 1.00. The quantitative estimate of drug-likeness (QED) is 0.816. The first-order valence-corrected chi connectivity index (χ1v) is 7.17. The zero-order chi connectivity index (χ0) is 12.3. The fourth-order valence-electron chi connectivity index (χ4n) is 3.30. The largest absolute Gasteiger partial charge is 0.393 e. The normalized spacial score (nSPS) is 34.1. The van der Waals surface area contributed by atoms with Gasteiger partial charge in [0, 0.05) is 25.6 Å². The third-order valence-electron chi connectivity index (χ3n) is 4.94. The molecule has 0 saturated carbocycles. The second-order valence-electron chi connectivity index (χ2n) is 5.88. The minimum absolute atomic E-state index is 0.151. The van der Waals surface area contributed by atoms with E-state index in [0.29, 0.717) is 11.3 Å². The number of likely N-dealkylation sites (tertiary alicyclic amines) is 1. The number of ether oxygens (including phenoxy) is 1. The van der Waals surface area contributed by atoms with Crippen LogP contribution in [0.1, 0.15) is 39.5 Å². The number of hydrogen-bond donors (Lipinski definition) is 1. The summed E-state index contributed by atoms with van der Waals surface area (Å²) in [5, 5.41) is 9.97. The van der Waals surface area contributed by atoms with E-state index in [4.69, 9.17) is 4.74 Å². The average Bonchev–Trinajstić information content (AvgIpc) is 2.76. The third kappa shape index (κ3) is 3.01. The highest BCUT2D eigenvalue weighted by atomic mass is 16.5. The molecule has 0 aromatic heterocycles. The van der Waals surface area contributed by atoms with E-state index in [2.05, 4.69) is 18.7 Å². The van der Waals surface area contributed by atoms with Gasteiger partial charge in [-0.05, 0) is 37.6 Å². The molecule has 0 aromatic carbocycles. The molecule has 0 aliphatic carbocycles. The molecule has 2 aliphatic rings.